The number of carbonyl (C=O) groups is 1. The SMILES string of the molecule is COc1cc2c(cc1OC)C(c1ccccc1)N(C(=O)C1CCNC1)CC2. The first-order valence-electron chi connectivity index (χ1n) is 9.54. The Balaban J connectivity index is 1.80. The predicted octanol–water partition coefficient (Wildman–Crippen LogP) is 2.79. The molecule has 0 radical (unpaired) electrons. The second-order valence-electron chi connectivity index (χ2n) is 7.19. The molecule has 0 bridgehead atoms. The van der Waals surface area contributed by atoms with Crippen molar-refractivity contribution in [3.63, 3.8) is 0 Å². The average Bonchev–Trinajstić information content (AvgIpc) is 3.26. The van der Waals surface area contributed by atoms with Gasteiger partial charge in [0.25, 0.3) is 0 Å². The highest BCUT2D eigenvalue weighted by atomic mass is 16.5. The summed E-state index contributed by atoms with van der Waals surface area (Å²) < 4.78 is 11.0. The Morgan fingerprint density at radius 1 is 1.11 bits per heavy atom. The van der Waals surface area contributed by atoms with Gasteiger partial charge in [-0.05, 0) is 48.2 Å². The van der Waals surface area contributed by atoms with E-state index in [0.29, 0.717) is 5.75 Å². The van der Waals surface area contributed by atoms with E-state index < -0.39 is 0 Å². The van der Waals surface area contributed by atoms with Gasteiger partial charge in [0.1, 0.15) is 0 Å². The number of hydrogen-bond acceptors (Lipinski definition) is 4. The van der Waals surface area contributed by atoms with Gasteiger partial charge in [-0.25, -0.2) is 0 Å². The van der Waals surface area contributed by atoms with Crippen molar-refractivity contribution in [2.24, 2.45) is 5.92 Å². The lowest BCUT2D eigenvalue weighted by molar-refractivity contribution is -0.137. The molecule has 0 aliphatic carbocycles. The molecule has 1 amide bonds. The normalized spacial score (nSPS) is 21.6. The fourth-order valence-electron chi connectivity index (χ4n) is 4.28. The van der Waals surface area contributed by atoms with Crippen LogP contribution in [0.4, 0.5) is 0 Å². The first kappa shape index (κ1) is 17.9. The molecule has 0 aromatic heterocycles. The summed E-state index contributed by atoms with van der Waals surface area (Å²) in [5.41, 5.74) is 3.48. The minimum Gasteiger partial charge on any atom is -0.493 e. The highest BCUT2D eigenvalue weighted by Crippen LogP contribution is 2.41. The number of methoxy groups -OCH3 is 2. The molecule has 5 nitrogen and oxygen atoms in total. The number of carbonyl (C=O) groups excluding carboxylic acids is 1. The van der Waals surface area contributed by atoms with E-state index in [2.05, 4.69) is 28.4 Å². The smallest absolute Gasteiger partial charge is 0.227 e. The molecule has 5 heteroatoms. The van der Waals surface area contributed by atoms with Gasteiger partial charge in [0.15, 0.2) is 11.5 Å². The fourth-order valence-corrected chi connectivity index (χ4v) is 4.28. The summed E-state index contributed by atoms with van der Waals surface area (Å²) in [6.45, 7) is 2.41. The van der Waals surface area contributed by atoms with Gasteiger partial charge >= 0.3 is 0 Å². The Kier molecular flexibility index (Phi) is 5.03. The Morgan fingerprint density at radius 3 is 2.52 bits per heavy atom. The number of nitrogens with one attached hydrogen (secondary N) is 1. The van der Waals surface area contributed by atoms with Gasteiger partial charge in [-0.1, -0.05) is 30.3 Å². The van der Waals surface area contributed by atoms with Crippen LogP contribution < -0.4 is 14.8 Å². The van der Waals surface area contributed by atoms with Crippen LogP contribution in [-0.4, -0.2) is 44.7 Å². The van der Waals surface area contributed by atoms with Crippen LogP contribution in [0.2, 0.25) is 0 Å². The summed E-state index contributed by atoms with van der Waals surface area (Å²) in [4.78, 5) is 15.4. The Bertz CT molecular complexity index is 816. The zero-order valence-electron chi connectivity index (χ0n) is 15.9. The molecule has 2 heterocycles. The third-order valence-electron chi connectivity index (χ3n) is 5.68. The maximum absolute atomic E-state index is 13.3. The van der Waals surface area contributed by atoms with Crippen molar-refractivity contribution in [3.05, 3.63) is 59.2 Å². The molecule has 1 fully saturated rings. The predicted molar refractivity (Wildman–Crippen MR) is 104 cm³/mol. The molecular formula is C22H26N2O3. The van der Waals surface area contributed by atoms with E-state index in [0.717, 1.165) is 49.4 Å². The van der Waals surface area contributed by atoms with E-state index >= 15 is 0 Å². The van der Waals surface area contributed by atoms with Gasteiger partial charge in [-0.2, -0.15) is 0 Å². The molecule has 142 valence electrons. The molecule has 0 spiro atoms. The van der Waals surface area contributed by atoms with Crippen LogP contribution in [-0.2, 0) is 11.2 Å². The minimum atomic E-state index is -0.0946. The number of hydrogen-bond donors (Lipinski definition) is 1. The summed E-state index contributed by atoms with van der Waals surface area (Å²) in [5.74, 6) is 1.75. The lowest BCUT2D eigenvalue weighted by Gasteiger charge is -2.39. The molecule has 4 rings (SSSR count). The van der Waals surface area contributed by atoms with E-state index in [1.54, 1.807) is 14.2 Å². The lowest BCUT2D eigenvalue weighted by atomic mass is 9.86. The number of rotatable bonds is 4. The lowest BCUT2D eigenvalue weighted by Crippen LogP contribution is -2.44. The van der Waals surface area contributed by atoms with Gasteiger partial charge in [-0.3, -0.25) is 4.79 Å². The van der Waals surface area contributed by atoms with Crippen LogP contribution in [0.15, 0.2) is 42.5 Å². The molecule has 2 atom stereocenters. The van der Waals surface area contributed by atoms with Crippen LogP contribution in [0.5, 0.6) is 11.5 Å². The summed E-state index contributed by atoms with van der Waals surface area (Å²) in [5, 5.41) is 3.32. The Hall–Kier alpha value is -2.53. The highest BCUT2D eigenvalue weighted by Gasteiger charge is 2.36. The molecule has 1 N–H and O–H groups in total. The first-order valence-corrected chi connectivity index (χ1v) is 9.54. The standard InChI is InChI=1S/C22H26N2O3/c1-26-19-12-16-9-11-24(22(25)17-8-10-23-14-17)21(15-6-4-3-5-7-15)18(16)13-20(19)27-2/h3-7,12-13,17,21,23H,8-11,14H2,1-2H3. The Morgan fingerprint density at radius 2 is 1.85 bits per heavy atom. The number of ether oxygens (including phenoxy) is 2. The van der Waals surface area contributed by atoms with Gasteiger partial charge in [0, 0.05) is 13.1 Å². The highest BCUT2D eigenvalue weighted by molar-refractivity contribution is 5.81. The topological polar surface area (TPSA) is 50.8 Å². The van der Waals surface area contributed by atoms with E-state index in [1.165, 1.54) is 5.56 Å². The zero-order valence-corrected chi connectivity index (χ0v) is 15.9. The molecule has 2 aromatic carbocycles. The van der Waals surface area contributed by atoms with Crippen LogP contribution in [0.25, 0.3) is 0 Å². The van der Waals surface area contributed by atoms with E-state index in [9.17, 15) is 4.79 Å². The molecule has 1 saturated heterocycles. The molecule has 2 aliphatic rings. The average molecular weight is 366 g/mol. The number of fused-ring (bicyclic) bond motifs is 1. The van der Waals surface area contributed by atoms with Gasteiger partial charge in [0.05, 0.1) is 26.2 Å². The molecule has 2 aromatic rings. The largest absolute Gasteiger partial charge is 0.493 e. The number of nitrogens with zero attached hydrogens (tertiary/aromatic N) is 1. The van der Waals surface area contributed by atoms with Crippen molar-refractivity contribution < 1.29 is 14.3 Å². The summed E-state index contributed by atoms with van der Waals surface area (Å²) in [6.07, 6.45) is 1.74. The molecular weight excluding hydrogens is 340 g/mol. The number of amides is 1. The Labute approximate surface area is 160 Å². The minimum absolute atomic E-state index is 0.0675. The maximum Gasteiger partial charge on any atom is 0.227 e. The van der Waals surface area contributed by atoms with Gasteiger partial charge in [0.2, 0.25) is 5.91 Å². The third-order valence-corrected chi connectivity index (χ3v) is 5.68. The summed E-state index contributed by atoms with van der Waals surface area (Å²) >= 11 is 0. The van der Waals surface area contributed by atoms with Crippen molar-refractivity contribution in [1.29, 1.82) is 0 Å². The summed E-state index contributed by atoms with van der Waals surface area (Å²) in [7, 11) is 3.31. The van der Waals surface area contributed by atoms with Crippen molar-refractivity contribution in [3.8, 4) is 11.5 Å². The maximum atomic E-state index is 13.3. The van der Waals surface area contributed by atoms with Crippen molar-refractivity contribution in [2.75, 3.05) is 33.9 Å². The van der Waals surface area contributed by atoms with Crippen molar-refractivity contribution >= 4 is 5.91 Å². The van der Waals surface area contributed by atoms with Gasteiger partial charge in [-0.15, -0.1) is 0 Å². The number of benzene rings is 2. The van der Waals surface area contributed by atoms with E-state index in [4.69, 9.17) is 9.47 Å². The van der Waals surface area contributed by atoms with Crippen LogP contribution in [0, 0.1) is 5.92 Å². The molecule has 27 heavy (non-hydrogen) atoms. The van der Waals surface area contributed by atoms with Gasteiger partial charge < -0.3 is 19.7 Å². The molecule has 0 saturated carbocycles. The van der Waals surface area contributed by atoms with Crippen molar-refractivity contribution in [1.82, 2.24) is 10.2 Å². The second kappa shape index (κ2) is 7.61. The first-order chi connectivity index (χ1) is 13.2. The van der Waals surface area contributed by atoms with Crippen LogP contribution >= 0.6 is 0 Å². The van der Waals surface area contributed by atoms with Crippen LogP contribution in [0.1, 0.15) is 29.2 Å². The monoisotopic (exact) mass is 366 g/mol. The van der Waals surface area contributed by atoms with Crippen molar-refractivity contribution in [2.45, 2.75) is 18.9 Å². The molecule has 2 aliphatic heterocycles. The fraction of sp³-hybridized carbons (Fsp3) is 0.409. The van der Waals surface area contributed by atoms with E-state index in [1.807, 2.05) is 24.3 Å². The quantitative estimate of drug-likeness (QED) is 0.904. The van der Waals surface area contributed by atoms with Crippen LogP contribution in [0.3, 0.4) is 0 Å². The molecule has 2 unspecified atom stereocenters. The van der Waals surface area contributed by atoms with E-state index in [-0.39, 0.29) is 17.9 Å². The second-order valence-corrected chi connectivity index (χ2v) is 7.19. The third kappa shape index (κ3) is 3.28. The summed E-state index contributed by atoms with van der Waals surface area (Å²) in [6, 6.07) is 14.3. The zero-order chi connectivity index (χ0) is 18.8.